The highest BCUT2D eigenvalue weighted by molar-refractivity contribution is 6.09. The van der Waals surface area contributed by atoms with Gasteiger partial charge >= 0.3 is 18.5 Å². The number of nitrogens with zero attached hydrogens (tertiary/aromatic N) is 2. The molecule has 1 heterocycles. The first-order chi connectivity index (χ1) is 17.8. The van der Waals surface area contributed by atoms with Crippen molar-refractivity contribution in [3.8, 4) is 22.5 Å². The van der Waals surface area contributed by atoms with Crippen molar-refractivity contribution in [2.24, 2.45) is 0 Å². The maximum Gasteiger partial charge on any atom is 0.417 e. The first-order valence-electron chi connectivity index (χ1n) is 10.9. The molecule has 0 fully saturated rings. The lowest BCUT2D eigenvalue weighted by Gasteiger charge is -2.23. The Bertz CT molecular complexity index is 1670. The molecule has 0 atom stereocenters. The van der Waals surface area contributed by atoms with E-state index in [1.165, 1.54) is 12.1 Å². The zero-order chi connectivity index (χ0) is 27.5. The minimum atomic E-state index is -5.80. The largest absolute Gasteiger partial charge is 0.417 e. The van der Waals surface area contributed by atoms with Crippen LogP contribution in [0.1, 0.15) is 16.7 Å². The molecule has 4 aromatic carbocycles. The molecule has 0 aliphatic carbocycles. The molecule has 0 saturated carbocycles. The average Bonchev–Trinajstić information content (AvgIpc) is 2.85. The van der Waals surface area contributed by atoms with Crippen molar-refractivity contribution in [2.45, 2.75) is 18.5 Å². The number of aromatic nitrogens is 2. The van der Waals surface area contributed by atoms with Gasteiger partial charge in [-0.25, -0.2) is 0 Å². The highest BCUT2D eigenvalue weighted by Crippen LogP contribution is 2.50. The van der Waals surface area contributed by atoms with Crippen LogP contribution < -0.4 is 0 Å². The maximum absolute atomic E-state index is 14.2. The van der Waals surface area contributed by atoms with Crippen LogP contribution in [-0.2, 0) is 18.5 Å². The van der Waals surface area contributed by atoms with Crippen LogP contribution in [0.15, 0.2) is 78.9 Å². The van der Waals surface area contributed by atoms with Gasteiger partial charge in [-0.2, -0.15) is 39.5 Å². The van der Waals surface area contributed by atoms with E-state index < -0.39 is 46.5 Å². The Morgan fingerprint density at radius 3 is 1.47 bits per heavy atom. The number of halogens is 9. The zero-order valence-corrected chi connectivity index (χ0v) is 18.8. The molecule has 5 rings (SSSR count). The molecule has 11 heteroatoms. The highest BCUT2D eigenvalue weighted by Gasteiger charge is 2.49. The summed E-state index contributed by atoms with van der Waals surface area (Å²) < 4.78 is 126. The Balaban J connectivity index is 2.00. The van der Waals surface area contributed by atoms with Crippen molar-refractivity contribution in [1.82, 2.24) is 10.2 Å². The third-order valence-corrected chi connectivity index (χ3v) is 6.03. The van der Waals surface area contributed by atoms with Gasteiger partial charge in [0.25, 0.3) is 0 Å². The van der Waals surface area contributed by atoms with Crippen LogP contribution in [0.5, 0.6) is 0 Å². The number of rotatable bonds is 2. The van der Waals surface area contributed by atoms with E-state index in [4.69, 9.17) is 0 Å². The number of hydrogen-bond donors (Lipinski definition) is 0. The SMILES string of the molecule is FC(F)(F)c1ccc(C(F)(F)F)c(C(F)(F)F)c1-c1nnc(-c2ccccc2)c2cc3ccccc3cc12. The molecule has 2 nitrogen and oxygen atoms in total. The standard InChI is InChI=1S/C27H13F9N2/c28-25(29,30)19-10-11-20(26(31,32)33)22(27(34,35)36)21(19)24-18-13-16-9-5-4-8-15(16)12-17(18)23(37-38-24)14-6-2-1-3-7-14/h1-13H. The summed E-state index contributed by atoms with van der Waals surface area (Å²) in [5, 5.41) is 8.58. The van der Waals surface area contributed by atoms with Gasteiger partial charge in [0.15, 0.2) is 0 Å². The molecule has 0 amide bonds. The molecule has 38 heavy (non-hydrogen) atoms. The zero-order valence-electron chi connectivity index (χ0n) is 18.8. The molecule has 0 unspecified atom stereocenters. The summed E-state index contributed by atoms with van der Waals surface area (Å²) in [5.41, 5.74) is -8.73. The first kappa shape index (κ1) is 25.5. The fourth-order valence-electron chi connectivity index (χ4n) is 4.45. The van der Waals surface area contributed by atoms with Crippen LogP contribution in [0.3, 0.4) is 0 Å². The number of alkyl halides is 9. The smallest absolute Gasteiger partial charge is 0.166 e. The summed E-state index contributed by atoms with van der Waals surface area (Å²) in [4.78, 5) is 0. The summed E-state index contributed by atoms with van der Waals surface area (Å²) in [6, 6.07) is 17.4. The quantitative estimate of drug-likeness (QED) is 0.166. The topological polar surface area (TPSA) is 25.8 Å². The van der Waals surface area contributed by atoms with E-state index in [-0.39, 0.29) is 28.6 Å². The van der Waals surface area contributed by atoms with Gasteiger partial charge in [-0.15, -0.1) is 10.2 Å². The second-order valence-corrected chi connectivity index (χ2v) is 8.41. The molecule has 0 aliphatic rings. The van der Waals surface area contributed by atoms with E-state index >= 15 is 0 Å². The van der Waals surface area contributed by atoms with Crippen molar-refractivity contribution >= 4 is 21.5 Å². The van der Waals surface area contributed by atoms with E-state index in [0.717, 1.165) is 0 Å². The van der Waals surface area contributed by atoms with Crippen LogP contribution in [0, 0.1) is 0 Å². The molecule has 0 spiro atoms. The van der Waals surface area contributed by atoms with Crippen molar-refractivity contribution in [3.63, 3.8) is 0 Å². The second-order valence-electron chi connectivity index (χ2n) is 8.41. The van der Waals surface area contributed by atoms with Crippen LogP contribution >= 0.6 is 0 Å². The Morgan fingerprint density at radius 1 is 0.474 bits per heavy atom. The van der Waals surface area contributed by atoms with Crippen LogP contribution in [-0.4, -0.2) is 10.2 Å². The summed E-state index contributed by atoms with van der Waals surface area (Å²) in [7, 11) is 0. The molecular weight excluding hydrogens is 523 g/mol. The second kappa shape index (κ2) is 8.71. The van der Waals surface area contributed by atoms with Gasteiger partial charge < -0.3 is 0 Å². The van der Waals surface area contributed by atoms with Gasteiger partial charge in [0, 0.05) is 21.9 Å². The van der Waals surface area contributed by atoms with Crippen molar-refractivity contribution in [1.29, 1.82) is 0 Å². The van der Waals surface area contributed by atoms with Crippen molar-refractivity contribution in [2.75, 3.05) is 0 Å². The van der Waals surface area contributed by atoms with Gasteiger partial charge in [0.2, 0.25) is 0 Å². The van der Waals surface area contributed by atoms with Gasteiger partial charge in [-0.05, 0) is 35.0 Å². The Hall–Kier alpha value is -4.15. The Morgan fingerprint density at radius 2 is 0.947 bits per heavy atom. The minimum absolute atomic E-state index is 0.00688. The minimum Gasteiger partial charge on any atom is -0.166 e. The summed E-state index contributed by atoms with van der Waals surface area (Å²) in [6.07, 6.45) is -16.8. The Kier molecular flexibility index (Phi) is 5.85. The third-order valence-electron chi connectivity index (χ3n) is 6.03. The molecular formula is C27H13F9N2. The normalized spacial score (nSPS) is 12.9. The van der Waals surface area contributed by atoms with E-state index in [0.29, 0.717) is 16.3 Å². The summed E-state index contributed by atoms with van der Waals surface area (Å²) >= 11 is 0. The van der Waals surface area contributed by atoms with Crippen LogP contribution in [0.2, 0.25) is 0 Å². The predicted octanol–water partition coefficient (Wildman–Crippen LogP) is 9.17. The number of hydrogen-bond acceptors (Lipinski definition) is 2. The number of fused-ring (bicyclic) bond motifs is 2. The van der Waals surface area contributed by atoms with Gasteiger partial charge in [0.05, 0.1) is 16.7 Å². The molecule has 0 saturated heterocycles. The molecule has 0 bridgehead atoms. The van der Waals surface area contributed by atoms with Gasteiger partial charge in [-0.1, -0.05) is 54.6 Å². The number of benzene rings is 4. The lowest BCUT2D eigenvalue weighted by Crippen LogP contribution is -2.21. The lowest BCUT2D eigenvalue weighted by molar-refractivity contribution is -0.163. The summed E-state index contributed by atoms with van der Waals surface area (Å²) in [5.74, 6) is 0. The molecule has 194 valence electrons. The van der Waals surface area contributed by atoms with Crippen LogP contribution in [0.25, 0.3) is 44.1 Å². The van der Waals surface area contributed by atoms with E-state index in [2.05, 4.69) is 10.2 Å². The molecule has 0 N–H and O–H groups in total. The maximum atomic E-state index is 14.2. The van der Waals surface area contributed by atoms with Crippen LogP contribution in [0.4, 0.5) is 39.5 Å². The van der Waals surface area contributed by atoms with Gasteiger partial charge in [0.1, 0.15) is 11.4 Å². The molecule has 0 radical (unpaired) electrons. The third kappa shape index (κ3) is 4.42. The van der Waals surface area contributed by atoms with E-state index in [1.807, 2.05) is 0 Å². The fourth-order valence-corrected chi connectivity index (χ4v) is 4.45. The average molecular weight is 536 g/mol. The highest BCUT2D eigenvalue weighted by atomic mass is 19.4. The van der Waals surface area contributed by atoms with Crippen molar-refractivity contribution < 1.29 is 39.5 Å². The monoisotopic (exact) mass is 536 g/mol. The first-order valence-corrected chi connectivity index (χ1v) is 10.9. The molecule has 1 aromatic heterocycles. The Labute approximate surface area is 208 Å². The fraction of sp³-hybridized carbons (Fsp3) is 0.111. The van der Waals surface area contributed by atoms with E-state index in [1.54, 1.807) is 54.6 Å². The van der Waals surface area contributed by atoms with Gasteiger partial charge in [-0.3, -0.25) is 0 Å². The van der Waals surface area contributed by atoms with Crippen molar-refractivity contribution in [3.05, 3.63) is 95.6 Å². The predicted molar refractivity (Wildman–Crippen MR) is 123 cm³/mol. The molecule has 5 aromatic rings. The summed E-state index contributed by atoms with van der Waals surface area (Å²) in [6.45, 7) is 0. The molecule has 0 aliphatic heterocycles. The van der Waals surface area contributed by atoms with E-state index in [9.17, 15) is 39.5 Å². The lowest BCUT2D eigenvalue weighted by atomic mass is 9.89.